The average Bonchev–Trinajstić information content (AvgIpc) is 2.42. The summed E-state index contributed by atoms with van der Waals surface area (Å²) >= 11 is 0. The molecule has 1 fully saturated rings. The Hall–Kier alpha value is -0.210. The summed E-state index contributed by atoms with van der Waals surface area (Å²) in [5.74, 6) is 0. The van der Waals surface area contributed by atoms with Crippen molar-refractivity contribution in [3.8, 4) is 0 Å². The molecule has 3 N–H and O–H groups in total. The number of hydrogen-bond acceptors (Lipinski definition) is 4. The van der Waals surface area contributed by atoms with Gasteiger partial charge in [-0.25, -0.2) is 4.72 Å². The number of ether oxygens (including phenoxy) is 1. The van der Waals surface area contributed by atoms with Crippen LogP contribution in [-0.4, -0.2) is 52.1 Å². The highest BCUT2D eigenvalue weighted by Gasteiger charge is 2.29. The number of nitrogens with one attached hydrogen (secondary N) is 1. The molecule has 18 heavy (non-hydrogen) atoms. The Labute approximate surface area is 110 Å². The van der Waals surface area contributed by atoms with Crippen molar-refractivity contribution in [2.45, 2.75) is 26.7 Å². The fourth-order valence-corrected chi connectivity index (χ4v) is 3.28. The van der Waals surface area contributed by atoms with Gasteiger partial charge in [0, 0.05) is 19.6 Å². The molecule has 108 valence electrons. The van der Waals surface area contributed by atoms with E-state index in [1.807, 2.05) is 13.8 Å². The summed E-state index contributed by atoms with van der Waals surface area (Å²) < 4.78 is 33.5. The third-order valence-electron chi connectivity index (χ3n) is 3.87. The lowest BCUT2D eigenvalue weighted by atomic mass is 9.83. The number of morpholine rings is 1. The van der Waals surface area contributed by atoms with E-state index in [4.69, 9.17) is 10.5 Å². The maximum Gasteiger partial charge on any atom is 0.279 e. The quantitative estimate of drug-likeness (QED) is 0.682. The van der Waals surface area contributed by atoms with Crippen LogP contribution in [0.1, 0.15) is 26.7 Å². The molecular formula is C11H25N3O3S. The molecule has 0 aliphatic carbocycles. The van der Waals surface area contributed by atoms with Gasteiger partial charge in [-0.1, -0.05) is 13.8 Å². The molecule has 0 saturated carbocycles. The normalized spacial score (nSPS) is 19.1. The zero-order chi connectivity index (χ0) is 13.6. The highest BCUT2D eigenvalue weighted by molar-refractivity contribution is 7.87. The fourth-order valence-electron chi connectivity index (χ4n) is 1.98. The van der Waals surface area contributed by atoms with Gasteiger partial charge in [0.25, 0.3) is 10.2 Å². The Kier molecular flexibility index (Phi) is 6.00. The minimum atomic E-state index is -3.40. The lowest BCUT2D eigenvalue weighted by molar-refractivity contribution is 0.0722. The molecule has 0 aromatic rings. The smallest absolute Gasteiger partial charge is 0.279 e. The van der Waals surface area contributed by atoms with Gasteiger partial charge in [-0.2, -0.15) is 12.7 Å². The second-order valence-corrected chi connectivity index (χ2v) is 6.50. The summed E-state index contributed by atoms with van der Waals surface area (Å²) in [5.41, 5.74) is 5.63. The molecular weight excluding hydrogens is 254 g/mol. The molecule has 1 aliphatic heterocycles. The molecule has 6 nitrogen and oxygen atoms in total. The van der Waals surface area contributed by atoms with Crippen molar-refractivity contribution in [1.29, 1.82) is 0 Å². The monoisotopic (exact) mass is 279 g/mol. The highest BCUT2D eigenvalue weighted by atomic mass is 32.2. The molecule has 0 bridgehead atoms. The first-order valence-corrected chi connectivity index (χ1v) is 7.96. The average molecular weight is 279 g/mol. The second-order valence-electron chi connectivity index (χ2n) is 4.75. The van der Waals surface area contributed by atoms with Gasteiger partial charge >= 0.3 is 0 Å². The van der Waals surface area contributed by atoms with E-state index >= 15 is 0 Å². The first kappa shape index (κ1) is 15.8. The predicted molar refractivity (Wildman–Crippen MR) is 71.4 cm³/mol. The number of nitrogens with zero attached hydrogens (tertiary/aromatic N) is 1. The van der Waals surface area contributed by atoms with Gasteiger partial charge in [0.15, 0.2) is 0 Å². The van der Waals surface area contributed by atoms with Gasteiger partial charge in [-0.15, -0.1) is 0 Å². The van der Waals surface area contributed by atoms with E-state index in [1.165, 1.54) is 4.31 Å². The third-order valence-corrected chi connectivity index (χ3v) is 5.43. The lowest BCUT2D eigenvalue weighted by Gasteiger charge is -2.32. The summed E-state index contributed by atoms with van der Waals surface area (Å²) in [7, 11) is -3.40. The Balaban J connectivity index is 2.59. The zero-order valence-electron chi connectivity index (χ0n) is 11.3. The van der Waals surface area contributed by atoms with Gasteiger partial charge in [0.05, 0.1) is 13.2 Å². The second kappa shape index (κ2) is 6.81. The molecule has 0 aromatic heterocycles. The van der Waals surface area contributed by atoms with Gasteiger partial charge in [0.1, 0.15) is 0 Å². The number of rotatable bonds is 7. The molecule has 0 amide bonds. The van der Waals surface area contributed by atoms with E-state index in [0.717, 1.165) is 12.8 Å². The predicted octanol–water partition coefficient (Wildman–Crippen LogP) is -0.0819. The van der Waals surface area contributed by atoms with Crippen molar-refractivity contribution in [2.75, 3.05) is 39.4 Å². The van der Waals surface area contributed by atoms with Crippen molar-refractivity contribution in [3.05, 3.63) is 0 Å². The lowest BCUT2D eigenvalue weighted by Crippen LogP contribution is -2.50. The maximum absolute atomic E-state index is 12.1. The molecule has 7 heteroatoms. The van der Waals surface area contributed by atoms with Crippen LogP contribution in [0.5, 0.6) is 0 Å². The Morgan fingerprint density at radius 3 is 2.28 bits per heavy atom. The first-order valence-electron chi connectivity index (χ1n) is 6.52. The molecule has 0 aromatic carbocycles. The van der Waals surface area contributed by atoms with Crippen molar-refractivity contribution >= 4 is 10.2 Å². The molecule has 0 unspecified atom stereocenters. The summed E-state index contributed by atoms with van der Waals surface area (Å²) in [6.45, 7) is 6.74. The number of hydrogen-bond donors (Lipinski definition) is 2. The van der Waals surface area contributed by atoms with E-state index in [0.29, 0.717) is 39.4 Å². The standard InChI is InChI=1S/C11H25N3O3S/c1-3-11(4-2,9-12)10-13-18(15,16)14-5-7-17-8-6-14/h13H,3-10,12H2,1-2H3. The molecule has 1 heterocycles. The molecule has 1 rings (SSSR count). The summed E-state index contributed by atoms with van der Waals surface area (Å²) in [4.78, 5) is 0. The van der Waals surface area contributed by atoms with Crippen LogP contribution in [0.3, 0.4) is 0 Å². The van der Waals surface area contributed by atoms with Crippen LogP contribution in [0, 0.1) is 5.41 Å². The minimum Gasteiger partial charge on any atom is -0.379 e. The van der Waals surface area contributed by atoms with Crippen LogP contribution in [0.4, 0.5) is 0 Å². The zero-order valence-corrected chi connectivity index (χ0v) is 12.1. The van der Waals surface area contributed by atoms with Gasteiger partial charge in [-0.05, 0) is 24.8 Å². The molecule has 1 saturated heterocycles. The van der Waals surface area contributed by atoms with Gasteiger partial charge in [0.2, 0.25) is 0 Å². The van der Waals surface area contributed by atoms with Crippen molar-refractivity contribution < 1.29 is 13.2 Å². The van der Waals surface area contributed by atoms with Crippen molar-refractivity contribution in [2.24, 2.45) is 11.1 Å². The Morgan fingerprint density at radius 2 is 1.83 bits per heavy atom. The van der Waals surface area contributed by atoms with E-state index in [2.05, 4.69) is 4.72 Å². The summed E-state index contributed by atoms with van der Waals surface area (Å²) in [6.07, 6.45) is 1.73. The van der Waals surface area contributed by atoms with Crippen LogP contribution in [0.2, 0.25) is 0 Å². The van der Waals surface area contributed by atoms with E-state index in [1.54, 1.807) is 0 Å². The van der Waals surface area contributed by atoms with Gasteiger partial charge < -0.3 is 10.5 Å². The molecule has 0 spiro atoms. The first-order chi connectivity index (χ1) is 8.49. The largest absolute Gasteiger partial charge is 0.379 e. The van der Waals surface area contributed by atoms with Gasteiger partial charge in [-0.3, -0.25) is 0 Å². The third kappa shape index (κ3) is 3.89. The van der Waals surface area contributed by atoms with Crippen LogP contribution in [0.25, 0.3) is 0 Å². The minimum absolute atomic E-state index is 0.140. The van der Waals surface area contributed by atoms with Crippen molar-refractivity contribution in [1.82, 2.24) is 9.03 Å². The molecule has 1 aliphatic rings. The van der Waals surface area contributed by atoms with Crippen LogP contribution in [0.15, 0.2) is 0 Å². The SMILES string of the molecule is CCC(CC)(CN)CNS(=O)(=O)N1CCOCC1. The Bertz CT molecular complexity index is 327. The summed E-state index contributed by atoms with van der Waals surface area (Å²) in [5, 5.41) is 0. The topological polar surface area (TPSA) is 84.7 Å². The maximum atomic E-state index is 12.1. The van der Waals surface area contributed by atoms with E-state index in [9.17, 15) is 8.42 Å². The van der Waals surface area contributed by atoms with Crippen LogP contribution >= 0.6 is 0 Å². The van der Waals surface area contributed by atoms with Crippen LogP contribution < -0.4 is 10.5 Å². The highest BCUT2D eigenvalue weighted by Crippen LogP contribution is 2.24. The van der Waals surface area contributed by atoms with Crippen LogP contribution in [-0.2, 0) is 14.9 Å². The number of nitrogens with two attached hydrogens (primary N) is 1. The Morgan fingerprint density at radius 1 is 1.28 bits per heavy atom. The van der Waals surface area contributed by atoms with E-state index < -0.39 is 10.2 Å². The fraction of sp³-hybridized carbons (Fsp3) is 1.00. The summed E-state index contributed by atoms with van der Waals surface area (Å²) in [6, 6.07) is 0. The van der Waals surface area contributed by atoms with Crippen molar-refractivity contribution in [3.63, 3.8) is 0 Å². The molecule has 0 radical (unpaired) electrons. The molecule has 0 atom stereocenters. The van der Waals surface area contributed by atoms with E-state index in [-0.39, 0.29) is 5.41 Å².